The number of carbonyl (C=O) groups excluding carboxylic acids is 2. The molecule has 1 aliphatic rings. The lowest BCUT2D eigenvalue weighted by Crippen LogP contribution is -2.48. The van der Waals surface area contributed by atoms with Gasteiger partial charge in [0.25, 0.3) is 0 Å². The van der Waals surface area contributed by atoms with Crippen LogP contribution in [0.25, 0.3) is 0 Å². The van der Waals surface area contributed by atoms with Crippen molar-refractivity contribution < 1.29 is 19.4 Å². The Kier molecular flexibility index (Phi) is 5.53. The van der Waals surface area contributed by atoms with Crippen LogP contribution in [0, 0.1) is 5.41 Å². The second-order valence-corrected chi connectivity index (χ2v) is 6.40. The number of hydrogen-bond donors (Lipinski definition) is 3. The highest BCUT2D eigenvalue weighted by molar-refractivity contribution is 5.82. The summed E-state index contributed by atoms with van der Waals surface area (Å²) in [4.78, 5) is 23.3. The topological polar surface area (TPSA) is 87.7 Å². The fourth-order valence-electron chi connectivity index (χ4n) is 1.90. The van der Waals surface area contributed by atoms with Crippen LogP contribution in [0.15, 0.2) is 0 Å². The van der Waals surface area contributed by atoms with Gasteiger partial charge in [-0.15, -0.1) is 0 Å². The van der Waals surface area contributed by atoms with Gasteiger partial charge in [0.1, 0.15) is 5.60 Å². The zero-order valence-electron chi connectivity index (χ0n) is 12.8. The molecule has 20 heavy (non-hydrogen) atoms. The van der Waals surface area contributed by atoms with E-state index in [0.717, 1.165) is 0 Å². The van der Waals surface area contributed by atoms with Crippen LogP contribution >= 0.6 is 0 Å². The standard InChI is InChI=1S/C14H26N2O4/c1-10-14(19,6-8-20-10)9-16-11(17)5-7-15-12(18)13(2,3)4/h10,19H,5-9H2,1-4H3,(H,15,18)(H,16,17). The second kappa shape index (κ2) is 6.54. The summed E-state index contributed by atoms with van der Waals surface area (Å²) in [6, 6.07) is 0. The summed E-state index contributed by atoms with van der Waals surface area (Å²) in [7, 11) is 0. The SMILES string of the molecule is CC1OCCC1(O)CNC(=O)CCNC(=O)C(C)(C)C. The van der Waals surface area contributed by atoms with Gasteiger partial charge in [-0.1, -0.05) is 20.8 Å². The van der Waals surface area contributed by atoms with E-state index >= 15 is 0 Å². The van der Waals surface area contributed by atoms with E-state index in [1.807, 2.05) is 20.8 Å². The highest BCUT2D eigenvalue weighted by atomic mass is 16.5. The first-order chi connectivity index (χ1) is 9.15. The summed E-state index contributed by atoms with van der Waals surface area (Å²) in [6.07, 6.45) is 0.450. The number of carbonyl (C=O) groups is 2. The van der Waals surface area contributed by atoms with Gasteiger partial charge in [0, 0.05) is 38.0 Å². The Labute approximate surface area is 120 Å². The number of nitrogens with one attached hydrogen (secondary N) is 2. The molecule has 1 fully saturated rings. The largest absolute Gasteiger partial charge is 0.385 e. The number of aliphatic hydroxyl groups is 1. The zero-order chi connectivity index (χ0) is 15.4. The summed E-state index contributed by atoms with van der Waals surface area (Å²) >= 11 is 0. The van der Waals surface area contributed by atoms with E-state index in [1.165, 1.54) is 0 Å². The molecule has 6 nitrogen and oxygen atoms in total. The van der Waals surface area contributed by atoms with Gasteiger partial charge in [-0.2, -0.15) is 0 Å². The minimum absolute atomic E-state index is 0.0817. The van der Waals surface area contributed by atoms with Crippen LogP contribution in [0.3, 0.4) is 0 Å². The molecule has 2 atom stereocenters. The van der Waals surface area contributed by atoms with Gasteiger partial charge in [0.05, 0.1) is 6.10 Å². The average Bonchev–Trinajstić information content (AvgIpc) is 2.66. The van der Waals surface area contributed by atoms with E-state index in [1.54, 1.807) is 6.92 Å². The van der Waals surface area contributed by atoms with Gasteiger partial charge in [-0.3, -0.25) is 9.59 Å². The fourth-order valence-corrected chi connectivity index (χ4v) is 1.90. The monoisotopic (exact) mass is 286 g/mol. The van der Waals surface area contributed by atoms with Gasteiger partial charge in [0.15, 0.2) is 0 Å². The van der Waals surface area contributed by atoms with Crippen molar-refractivity contribution in [3.8, 4) is 0 Å². The Hall–Kier alpha value is -1.14. The predicted molar refractivity (Wildman–Crippen MR) is 75.1 cm³/mol. The highest BCUT2D eigenvalue weighted by Gasteiger charge is 2.39. The number of rotatable bonds is 5. The molecule has 0 aromatic carbocycles. The first-order valence-electron chi connectivity index (χ1n) is 7.04. The third kappa shape index (κ3) is 4.76. The van der Waals surface area contributed by atoms with E-state index in [9.17, 15) is 14.7 Å². The third-order valence-electron chi connectivity index (χ3n) is 3.57. The number of hydrogen-bond acceptors (Lipinski definition) is 4. The lowest BCUT2D eigenvalue weighted by molar-refractivity contribution is -0.128. The van der Waals surface area contributed by atoms with Gasteiger partial charge in [0.2, 0.25) is 11.8 Å². The van der Waals surface area contributed by atoms with Crippen molar-refractivity contribution >= 4 is 11.8 Å². The molecule has 0 aromatic heterocycles. The average molecular weight is 286 g/mol. The predicted octanol–water partition coefficient (Wildman–Crippen LogP) is 0.195. The first kappa shape index (κ1) is 16.9. The molecule has 1 heterocycles. The molecule has 0 bridgehead atoms. The number of amides is 2. The van der Waals surface area contributed by atoms with Crippen LogP contribution in [-0.4, -0.2) is 48.3 Å². The highest BCUT2D eigenvalue weighted by Crippen LogP contribution is 2.24. The second-order valence-electron chi connectivity index (χ2n) is 6.40. The van der Waals surface area contributed by atoms with E-state index in [0.29, 0.717) is 19.6 Å². The van der Waals surface area contributed by atoms with E-state index in [4.69, 9.17) is 4.74 Å². The third-order valence-corrected chi connectivity index (χ3v) is 3.57. The molecule has 6 heteroatoms. The minimum Gasteiger partial charge on any atom is -0.385 e. The first-order valence-corrected chi connectivity index (χ1v) is 7.04. The van der Waals surface area contributed by atoms with E-state index in [2.05, 4.69) is 10.6 Å². The van der Waals surface area contributed by atoms with E-state index in [-0.39, 0.29) is 30.9 Å². The Morgan fingerprint density at radius 3 is 2.50 bits per heavy atom. The van der Waals surface area contributed by atoms with Gasteiger partial charge >= 0.3 is 0 Å². The van der Waals surface area contributed by atoms with Crippen LogP contribution in [0.4, 0.5) is 0 Å². The summed E-state index contributed by atoms with van der Waals surface area (Å²) in [5.41, 5.74) is -1.44. The van der Waals surface area contributed by atoms with Crippen molar-refractivity contribution in [1.82, 2.24) is 10.6 Å². The van der Waals surface area contributed by atoms with Crippen LogP contribution in [0.1, 0.15) is 40.5 Å². The molecule has 1 saturated heterocycles. The molecule has 1 rings (SSSR count). The van der Waals surface area contributed by atoms with Gasteiger partial charge in [-0.05, 0) is 6.92 Å². The molecule has 0 spiro atoms. The molecular weight excluding hydrogens is 260 g/mol. The van der Waals surface area contributed by atoms with Crippen LogP contribution in [0.5, 0.6) is 0 Å². The Morgan fingerprint density at radius 1 is 1.35 bits per heavy atom. The molecule has 0 aliphatic carbocycles. The lowest BCUT2D eigenvalue weighted by Gasteiger charge is -2.26. The smallest absolute Gasteiger partial charge is 0.225 e. The lowest BCUT2D eigenvalue weighted by atomic mass is 9.96. The zero-order valence-corrected chi connectivity index (χ0v) is 12.8. The van der Waals surface area contributed by atoms with Crippen molar-refractivity contribution in [3.63, 3.8) is 0 Å². The van der Waals surface area contributed by atoms with Crippen molar-refractivity contribution in [2.24, 2.45) is 5.41 Å². The van der Waals surface area contributed by atoms with E-state index < -0.39 is 11.0 Å². The van der Waals surface area contributed by atoms with Crippen molar-refractivity contribution in [3.05, 3.63) is 0 Å². The molecule has 0 saturated carbocycles. The molecular formula is C14H26N2O4. The maximum absolute atomic E-state index is 11.7. The maximum Gasteiger partial charge on any atom is 0.225 e. The van der Waals surface area contributed by atoms with Crippen molar-refractivity contribution in [2.75, 3.05) is 19.7 Å². The molecule has 3 N–H and O–H groups in total. The normalized spacial score (nSPS) is 26.4. The molecule has 1 aliphatic heterocycles. The van der Waals surface area contributed by atoms with Crippen molar-refractivity contribution in [1.29, 1.82) is 0 Å². The summed E-state index contributed by atoms with van der Waals surface area (Å²) in [6.45, 7) is 8.24. The van der Waals surface area contributed by atoms with Crippen LogP contribution in [0.2, 0.25) is 0 Å². The molecule has 2 unspecified atom stereocenters. The quantitative estimate of drug-likeness (QED) is 0.673. The summed E-state index contributed by atoms with van der Waals surface area (Å²) in [5, 5.41) is 15.6. The molecule has 0 radical (unpaired) electrons. The van der Waals surface area contributed by atoms with Crippen molar-refractivity contribution in [2.45, 2.75) is 52.2 Å². The molecule has 116 valence electrons. The Balaban J connectivity index is 2.23. The number of ether oxygens (including phenoxy) is 1. The Morgan fingerprint density at radius 2 is 2.00 bits per heavy atom. The maximum atomic E-state index is 11.7. The van der Waals surface area contributed by atoms with Crippen LogP contribution in [-0.2, 0) is 14.3 Å². The Bertz CT molecular complexity index is 365. The summed E-state index contributed by atoms with van der Waals surface area (Å²) in [5.74, 6) is -0.270. The molecule has 2 amide bonds. The molecule has 0 aromatic rings. The fraction of sp³-hybridized carbons (Fsp3) is 0.857. The van der Waals surface area contributed by atoms with Gasteiger partial charge in [-0.25, -0.2) is 0 Å². The van der Waals surface area contributed by atoms with Crippen LogP contribution < -0.4 is 10.6 Å². The van der Waals surface area contributed by atoms with Gasteiger partial charge < -0.3 is 20.5 Å². The summed E-state index contributed by atoms with van der Waals surface area (Å²) < 4.78 is 5.29. The minimum atomic E-state index is -0.982.